The summed E-state index contributed by atoms with van der Waals surface area (Å²) in [6.45, 7) is 0. The van der Waals surface area contributed by atoms with Gasteiger partial charge in [-0.25, -0.2) is 19.9 Å². The highest BCUT2D eigenvalue weighted by Gasteiger charge is 2.21. The summed E-state index contributed by atoms with van der Waals surface area (Å²) in [5.41, 5.74) is 14.7. The van der Waals surface area contributed by atoms with E-state index >= 15 is 0 Å². The summed E-state index contributed by atoms with van der Waals surface area (Å²) < 4.78 is 2.14. The van der Waals surface area contributed by atoms with E-state index in [4.69, 9.17) is 19.9 Å². The lowest BCUT2D eigenvalue weighted by Gasteiger charge is -2.17. The maximum absolute atomic E-state index is 5.33. The normalized spacial score (nSPS) is 11.4. The fourth-order valence-electron chi connectivity index (χ4n) is 7.32. The second kappa shape index (κ2) is 12.8. The molecule has 0 aliphatic rings. The van der Waals surface area contributed by atoms with E-state index in [0.717, 1.165) is 89.2 Å². The van der Waals surface area contributed by atoms with Gasteiger partial charge in [-0.15, -0.1) is 0 Å². The molecule has 0 aliphatic carbocycles. The highest BCUT2D eigenvalue weighted by atomic mass is 15.0. The van der Waals surface area contributed by atoms with Crippen molar-refractivity contribution in [2.45, 2.75) is 0 Å². The second-order valence-corrected chi connectivity index (χ2v) is 13.1. The lowest BCUT2D eigenvalue weighted by Crippen LogP contribution is -2.01. The van der Waals surface area contributed by atoms with Gasteiger partial charge in [0.25, 0.3) is 0 Å². The molecule has 248 valence electrons. The first-order chi connectivity index (χ1) is 26.3. The summed E-state index contributed by atoms with van der Waals surface area (Å²) in [4.78, 5) is 20.9. The van der Waals surface area contributed by atoms with Crippen LogP contribution in [0.3, 0.4) is 0 Å². The van der Waals surface area contributed by atoms with Crippen LogP contribution in [0.15, 0.2) is 188 Å². The fraction of sp³-hybridized carbons (Fsp3) is 0. The summed E-state index contributed by atoms with van der Waals surface area (Å²) in [6.07, 6.45) is 2.06. The van der Waals surface area contributed by atoms with Gasteiger partial charge in [0.15, 0.2) is 5.82 Å². The first-order valence-corrected chi connectivity index (χ1v) is 17.7. The van der Waals surface area contributed by atoms with Crippen molar-refractivity contribution in [3.63, 3.8) is 0 Å². The predicted molar refractivity (Wildman–Crippen MR) is 216 cm³/mol. The molecule has 10 aromatic rings. The Bertz CT molecular complexity index is 2870. The van der Waals surface area contributed by atoms with Crippen molar-refractivity contribution >= 4 is 27.6 Å². The van der Waals surface area contributed by atoms with Crippen molar-refractivity contribution in [3.8, 4) is 67.4 Å². The van der Waals surface area contributed by atoms with Crippen LogP contribution in [0.1, 0.15) is 0 Å². The number of fused-ring (bicyclic) bond motifs is 5. The molecule has 0 N–H and O–H groups in total. The number of pyridine rings is 2. The Labute approximate surface area is 306 Å². The van der Waals surface area contributed by atoms with Gasteiger partial charge in [0, 0.05) is 39.4 Å². The molecule has 0 bridgehead atoms. The van der Waals surface area contributed by atoms with Gasteiger partial charge in [-0.2, -0.15) is 0 Å². The molecule has 0 amide bonds. The number of hydrogen-bond donors (Lipinski definition) is 0. The molecule has 0 fully saturated rings. The number of aromatic nitrogens is 5. The molecule has 0 unspecified atom stereocenters. The quantitative estimate of drug-likeness (QED) is 0.176. The highest BCUT2D eigenvalue weighted by Crippen LogP contribution is 2.40. The second-order valence-electron chi connectivity index (χ2n) is 13.1. The van der Waals surface area contributed by atoms with Gasteiger partial charge < -0.3 is 0 Å². The molecule has 0 aliphatic heterocycles. The third-order valence-corrected chi connectivity index (χ3v) is 9.80. The Kier molecular flexibility index (Phi) is 7.40. The zero-order chi connectivity index (χ0) is 35.1. The van der Waals surface area contributed by atoms with Crippen LogP contribution in [-0.2, 0) is 0 Å². The number of rotatable bonds is 6. The fourth-order valence-corrected chi connectivity index (χ4v) is 7.32. The third-order valence-electron chi connectivity index (χ3n) is 9.80. The Hall–Kier alpha value is -7.24. The van der Waals surface area contributed by atoms with E-state index in [1.807, 2.05) is 48.5 Å². The van der Waals surface area contributed by atoms with Crippen molar-refractivity contribution in [3.05, 3.63) is 188 Å². The summed E-state index contributed by atoms with van der Waals surface area (Å²) >= 11 is 0. The van der Waals surface area contributed by atoms with Crippen LogP contribution >= 0.6 is 0 Å². The van der Waals surface area contributed by atoms with Crippen LogP contribution in [0.5, 0.6) is 0 Å². The standard InChI is InChI=1S/C48H31N5/c1-4-16-32(17-5-1)42-43(33-18-6-2-7-19-33)51-48(52-44(42)34-20-8-3-9-21-34)38-25-15-23-36(31-38)35-22-14-24-37(30-35)45-47-46(39-26-10-11-27-40(39)49-45)50-41-28-12-13-29-53(41)47/h1-31H. The van der Waals surface area contributed by atoms with Crippen LogP contribution in [-0.4, -0.2) is 24.3 Å². The number of para-hydroxylation sites is 1. The minimum absolute atomic E-state index is 0.670. The number of imidazole rings is 1. The first-order valence-electron chi connectivity index (χ1n) is 17.7. The predicted octanol–water partition coefficient (Wildman–Crippen LogP) is 11.8. The largest absolute Gasteiger partial charge is 0.298 e. The van der Waals surface area contributed by atoms with Gasteiger partial charge in [-0.3, -0.25) is 4.40 Å². The molecule has 0 spiro atoms. The highest BCUT2D eigenvalue weighted by molar-refractivity contribution is 6.09. The Morgan fingerprint density at radius 3 is 1.57 bits per heavy atom. The van der Waals surface area contributed by atoms with E-state index in [2.05, 4.69) is 144 Å². The molecule has 4 aromatic heterocycles. The van der Waals surface area contributed by atoms with Gasteiger partial charge in [-0.1, -0.05) is 152 Å². The number of benzene rings is 6. The van der Waals surface area contributed by atoms with E-state index in [1.165, 1.54) is 0 Å². The van der Waals surface area contributed by atoms with E-state index in [1.54, 1.807) is 0 Å². The van der Waals surface area contributed by atoms with E-state index in [9.17, 15) is 0 Å². The molecule has 5 heteroatoms. The van der Waals surface area contributed by atoms with Gasteiger partial charge in [0.05, 0.1) is 28.1 Å². The summed E-state index contributed by atoms with van der Waals surface area (Å²) in [5.74, 6) is 0.670. The maximum Gasteiger partial charge on any atom is 0.160 e. The SMILES string of the molecule is c1ccc(-c2nc(-c3cccc(-c4cccc(-c5nc6ccccc6c6nc7ccccn7c56)c4)c3)nc(-c3ccccc3)c2-c2ccccc2)cc1. The van der Waals surface area contributed by atoms with Crippen LogP contribution in [0.25, 0.3) is 95.0 Å². The van der Waals surface area contributed by atoms with Crippen LogP contribution in [0.2, 0.25) is 0 Å². The molecule has 0 saturated heterocycles. The zero-order valence-electron chi connectivity index (χ0n) is 28.6. The average molecular weight is 678 g/mol. The summed E-state index contributed by atoms with van der Waals surface area (Å²) in [7, 11) is 0. The molecule has 0 radical (unpaired) electrons. The average Bonchev–Trinajstić information content (AvgIpc) is 3.64. The molecule has 10 rings (SSSR count). The summed E-state index contributed by atoms with van der Waals surface area (Å²) in [6, 6.07) is 62.8. The van der Waals surface area contributed by atoms with Crippen molar-refractivity contribution in [1.82, 2.24) is 24.3 Å². The molecular weight excluding hydrogens is 647 g/mol. The minimum Gasteiger partial charge on any atom is -0.298 e. The van der Waals surface area contributed by atoms with Gasteiger partial charge in [0.1, 0.15) is 11.2 Å². The topological polar surface area (TPSA) is 56.0 Å². The lowest BCUT2D eigenvalue weighted by molar-refractivity contribution is 1.18. The monoisotopic (exact) mass is 677 g/mol. The molecule has 4 heterocycles. The molecule has 6 aromatic carbocycles. The first kappa shape index (κ1) is 30.6. The van der Waals surface area contributed by atoms with Crippen molar-refractivity contribution in [2.75, 3.05) is 0 Å². The maximum atomic E-state index is 5.33. The Morgan fingerprint density at radius 2 is 0.887 bits per heavy atom. The molecular formula is C48H31N5. The van der Waals surface area contributed by atoms with Gasteiger partial charge in [-0.05, 0) is 47.0 Å². The Morgan fingerprint density at radius 1 is 0.358 bits per heavy atom. The van der Waals surface area contributed by atoms with Gasteiger partial charge in [0.2, 0.25) is 0 Å². The molecule has 53 heavy (non-hydrogen) atoms. The molecule has 0 atom stereocenters. The molecule has 5 nitrogen and oxygen atoms in total. The zero-order valence-corrected chi connectivity index (χ0v) is 28.6. The van der Waals surface area contributed by atoms with Crippen molar-refractivity contribution < 1.29 is 0 Å². The van der Waals surface area contributed by atoms with E-state index in [-0.39, 0.29) is 0 Å². The van der Waals surface area contributed by atoms with Crippen LogP contribution < -0.4 is 0 Å². The number of hydrogen-bond acceptors (Lipinski definition) is 4. The summed E-state index contributed by atoms with van der Waals surface area (Å²) in [5, 5.41) is 1.04. The van der Waals surface area contributed by atoms with E-state index in [0.29, 0.717) is 5.82 Å². The van der Waals surface area contributed by atoms with Crippen molar-refractivity contribution in [1.29, 1.82) is 0 Å². The molecule has 0 saturated carbocycles. The number of nitrogens with zero attached hydrogens (tertiary/aromatic N) is 5. The lowest BCUT2D eigenvalue weighted by atomic mass is 9.94. The van der Waals surface area contributed by atoms with Crippen LogP contribution in [0.4, 0.5) is 0 Å². The van der Waals surface area contributed by atoms with Crippen LogP contribution in [0, 0.1) is 0 Å². The van der Waals surface area contributed by atoms with Crippen molar-refractivity contribution in [2.24, 2.45) is 0 Å². The third kappa shape index (κ3) is 5.43. The van der Waals surface area contributed by atoms with E-state index < -0.39 is 0 Å². The van der Waals surface area contributed by atoms with Gasteiger partial charge >= 0.3 is 0 Å². The smallest absolute Gasteiger partial charge is 0.160 e. The minimum atomic E-state index is 0.670. The Balaban J connectivity index is 1.14.